The van der Waals surface area contributed by atoms with Gasteiger partial charge in [0.2, 0.25) is 5.91 Å². The molecule has 1 heterocycles. The molecule has 0 radical (unpaired) electrons. The molecular formula is C20H25N3O5. The van der Waals surface area contributed by atoms with Gasteiger partial charge in [0.1, 0.15) is 17.2 Å². The van der Waals surface area contributed by atoms with Crippen LogP contribution in [-0.4, -0.2) is 34.6 Å². The van der Waals surface area contributed by atoms with E-state index in [1.54, 1.807) is 52.0 Å². The number of amides is 2. The topological polar surface area (TPSA) is 107 Å². The maximum Gasteiger partial charge on any atom is 0.408 e. The van der Waals surface area contributed by atoms with Gasteiger partial charge in [-0.05, 0) is 46.8 Å². The second kappa shape index (κ2) is 8.24. The minimum atomic E-state index is -0.926. The van der Waals surface area contributed by atoms with Crippen molar-refractivity contribution in [2.45, 2.75) is 53.2 Å². The molecule has 0 saturated heterocycles. The summed E-state index contributed by atoms with van der Waals surface area (Å²) in [7, 11) is 0. The predicted octanol–water partition coefficient (Wildman–Crippen LogP) is 3.32. The molecule has 150 valence electrons. The summed E-state index contributed by atoms with van der Waals surface area (Å²) in [5.41, 5.74) is 0.988. The van der Waals surface area contributed by atoms with Crippen LogP contribution in [-0.2, 0) is 14.3 Å². The molecule has 1 aromatic heterocycles. The number of alkyl carbamates (subject to hydrolysis) is 1. The fraction of sp³-hybridized carbons (Fsp3) is 0.400. The van der Waals surface area contributed by atoms with E-state index >= 15 is 0 Å². The molecule has 2 rings (SSSR count). The van der Waals surface area contributed by atoms with E-state index in [9.17, 15) is 14.4 Å². The van der Waals surface area contributed by atoms with Crippen molar-refractivity contribution in [2.75, 3.05) is 5.32 Å². The lowest BCUT2D eigenvalue weighted by atomic mass is 10.1. The number of carbonyl (C=O) groups excluding carboxylic acids is 3. The van der Waals surface area contributed by atoms with Crippen molar-refractivity contribution in [1.29, 1.82) is 0 Å². The molecule has 0 aliphatic carbocycles. The van der Waals surface area contributed by atoms with Crippen molar-refractivity contribution in [3.8, 4) is 5.75 Å². The molecular weight excluding hydrogens is 362 g/mol. The van der Waals surface area contributed by atoms with Crippen LogP contribution in [0.3, 0.4) is 0 Å². The van der Waals surface area contributed by atoms with Gasteiger partial charge in [0.05, 0.1) is 5.69 Å². The van der Waals surface area contributed by atoms with Gasteiger partial charge in [-0.2, -0.15) is 0 Å². The van der Waals surface area contributed by atoms with E-state index in [1.165, 1.54) is 13.8 Å². The highest BCUT2D eigenvalue weighted by molar-refractivity contribution is 6.02. The van der Waals surface area contributed by atoms with Gasteiger partial charge in [-0.15, -0.1) is 0 Å². The van der Waals surface area contributed by atoms with Crippen LogP contribution in [0, 0.1) is 6.92 Å². The predicted molar refractivity (Wildman–Crippen MR) is 105 cm³/mol. The third-order valence-electron chi connectivity index (χ3n) is 3.54. The number of aryl methyl sites for hydroxylation is 1. The van der Waals surface area contributed by atoms with Crippen LogP contribution in [0.4, 0.5) is 10.5 Å². The summed E-state index contributed by atoms with van der Waals surface area (Å²) in [4.78, 5) is 40.1. The van der Waals surface area contributed by atoms with Gasteiger partial charge in [0.25, 0.3) is 0 Å². The monoisotopic (exact) mass is 387 g/mol. The average molecular weight is 387 g/mol. The number of esters is 1. The van der Waals surface area contributed by atoms with Crippen LogP contribution >= 0.6 is 0 Å². The summed E-state index contributed by atoms with van der Waals surface area (Å²) in [6, 6.07) is 5.88. The second-order valence-corrected chi connectivity index (χ2v) is 7.43. The van der Waals surface area contributed by atoms with Crippen molar-refractivity contribution in [1.82, 2.24) is 10.3 Å². The Bertz CT molecular complexity index is 918. The quantitative estimate of drug-likeness (QED) is 0.616. The van der Waals surface area contributed by atoms with Gasteiger partial charge < -0.3 is 20.1 Å². The molecule has 2 amide bonds. The van der Waals surface area contributed by atoms with Gasteiger partial charge in [-0.1, -0.05) is 12.1 Å². The van der Waals surface area contributed by atoms with Crippen LogP contribution in [0.1, 0.15) is 40.3 Å². The van der Waals surface area contributed by atoms with E-state index in [0.717, 1.165) is 0 Å². The second-order valence-electron chi connectivity index (χ2n) is 7.43. The zero-order valence-electron chi connectivity index (χ0n) is 16.9. The Morgan fingerprint density at radius 3 is 2.46 bits per heavy atom. The van der Waals surface area contributed by atoms with Crippen molar-refractivity contribution in [3.05, 3.63) is 30.0 Å². The molecule has 1 atom stereocenters. The van der Waals surface area contributed by atoms with Crippen molar-refractivity contribution >= 4 is 34.6 Å². The number of carbonyl (C=O) groups is 3. The summed E-state index contributed by atoms with van der Waals surface area (Å²) in [5, 5.41) is 5.82. The van der Waals surface area contributed by atoms with Crippen LogP contribution in [0.2, 0.25) is 0 Å². The Kier molecular flexibility index (Phi) is 6.23. The molecule has 2 N–H and O–H groups in total. The van der Waals surface area contributed by atoms with E-state index in [4.69, 9.17) is 9.47 Å². The number of nitrogens with one attached hydrogen (secondary N) is 2. The number of para-hydroxylation sites is 1. The highest BCUT2D eigenvalue weighted by Gasteiger charge is 2.23. The van der Waals surface area contributed by atoms with Crippen LogP contribution in [0.5, 0.6) is 5.75 Å². The fourth-order valence-corrected chi connectivity index (χ4v) is 2.47. The van der Waals surface area contributed by atoms with E-state index < -0.39 is 23.7 Å². The van der Waals surface area contributed by atoms with Crippen molar-refractivity contribution in [3.63, 3.8) is 0 Å². The average Bonchev–Trinajstić information content (AvgIpc) is 2.53. The number of fused-ring (bicyclic) bond motifs is 1. The third-order valence-corrected chi connectivity index (χ3v) is 3.54. The lowest BCUT2D eigenvalue weighted by molar-refractivity contribution is -0.136. The summed E-state index contributed by atoms with van der Waals surface area (Å²) in [5.74, 6) is -0.650. The number of anilines is 1. The smallest absolute Gasteiger partial charge is 0.408 e. The maximum absolute atomic E-state index is 12.4. The third kappa shape index (κ3) is 5.67. The van der Waals surface area contributed by atoms with Gasteiger partial charge in [0, 0.05) is 18.0 Å². The van der Waals surface area contributed by atoms with Crippen molar-refractivity contribution < 1.29 is 23.9 Å². The molecule has 0 fully saturated rings. The Hall–Kier alpha value is -3.16. The highest BCUT2D eigenvalue weighted by atomic mass is 16.6. The van der Waals surface area contributed by atoms with E-state index in [-0.39, 0.29) is 11.7 Å². The van der Waals surface area contributed by atoms with Crippen LogP contribution < -0.4 is 15.4 Å². The molecule has 0 unspecified atom stereocenters. The molecule has 2 aromatic rings. The van der Waals surface area contributed by atoms with E-state index in [2.05, 4.69) is 15.6 Å². The molecule has 0 spiro atoms. The van der Waals surface area contributed by atoms with Gasteiger partial charge in [-0.3, -0.25) is 4.79 Å². The molecule has 28 heavy (non-hydrogen) atoms. The number of pyridine rings is 1. The summed E-state index contributed by atoms with van der Waals surface area (Å²) >= 11 is 0. The number of aromatic nitrogens is 1. The fourth-order valence-electron chi connectivity index (χ4n) is 2.47. The molecule has 1 aromatic carbocycles. The largest absolute Gasteiger partial charge is 0.444 e. The number of benzene rings is 1. The number of nitrogens with zero attached hydrogens (tertiary/aromatic N) is 1. The molecule has 0 aliphatic heterocycles. The first-order chi connectivity index (χ1) is 13.0. The summed E-state index contributed by atoms with van der Waals surface area (Å²) < 4.78 is 10.6. The Balaban J connectivity index is 2.23. The number of rotatable bonds is 4. The highest BCUT2D eigenvalue weighted by Crippen LogP contribution is 2.30. The maximum atomic E-state index is 12.4. The van der Waals surface area contributed by atoms with Gasteiger partial charge in [-0.25, -0.2) is 14.6 Å². The van der Waals surface area contributed by atoms with E-state index in [1.807, 2.05) is 0 Å². The standard InChI is InChI=1S/C20H25N3O5/c1-11-10-15(23-13(3)24)14-8-7-9-16(17(14)21-11)27-18(25)12(2)22-19(26)28-20(4,5)6/h7-10,12H,1-6H3,(H,22,26)(H,21,23,24)/t12-/m0/s1. The van der Waals surface area contributed by atoms with E-state index in [0.29, 0.717) is 22.3 Å². The van der Waals surface area contributed by atoms with Gasteiger partial charge >= 0.3 is 12.1 Å². The normalized spacial score (nSPS) is 12.2. The SMILES string of the molecule is CC(=O)Nc1cc(C)nc2c(OC(=O)[C@H](C)NC(=O)OC(C)(C)C)cccc12. The molecule has 0 aliphatic rings. The molecule has 8 nitrogen and oxygen atoms in total. The zero-order valence-corrected chi connectivity index (χ0v) is 16.9. The Morgan fingerprint density at radius 1 is 1.18 bits per heavy atom. The van der Waals surface area contributed by atoms with Crippen molar-refractivity contribution in [2.24, 2.45) is 0 Å². The number of ether oxygens (including phenoxy) is 2. The lowest BCUT2D eigenvalue weighted by Gasteiger charge is -2.21. The van der Waals surface area contributed by atoms with Gasteiger partial charge in [0.15, 0.2) is 5.75 Å². The minimum absolute atomic E-state index is 0.218. The number of hydrogen-bond acceptors (Lipinski definition) is 6. The first-order valence-corrected chi connectivity index (χ1v) is 8.85. The Labute approximate surface area is 163 Å². The zero-order chi connectivity index (χ0) is 21.1. The molecule has 0 saturated carbocycles. The minimum Gasteiger partial charge on any atom is -0.444 e. The molecule has 8 heteroatoms. The first kappa shape index (κ1) is 21.1. The molecule has 0 bridgehead atoms. The van der Waals surface area contributed by atoms with Crippen LogP contribution in [0.25, 0.3) is 10.9 Å². The Morgan fingerprint density at radius 2 is 1.86 bits per heavy atom. The van der Waals surface area contributed by atoms with Crippen LogP contribution in [0.15, 0.2) is 24.3 Å². The summed E-state index contributed by atoms with van der Waals surface area (Å²) in [6.45, 7) is 9.87. The first-order valence-electron chi connectivity index (χ1n) is 8.85. The number of hydrogen-bond donors (Lipinski definition) is 2. The lowest BCUT2D eigenvalue weighted by Crippen LogP contribution is -2.43. The summed E-state index contributed by atoms with van der Waals surface area (Å²) in [6.07, 6.45) is -0.711.